The Morgan fingerprint density at radius 1 is 1.50 bits per heavy atom. The topological polar surface area (TPSA) is 72.9 Å². The van der Waals surface area contributed by atoms with Crippen molar-refractivity contribution >= 4 is 27.5 Å². The van der Waals surface area contributed by atoms with Gasteiger partial charge >= 0.3 is 0 Å². The third kappa shape index (κ3) is 3.46. The van der Waals surface area contributed by atoms with E-state index in [4.69, 9.17) is 5.73 Å². The lowest BCUT2D eigenvalue weighted by atomic mass is 10.1. The van der Waals surface area contributed by atoms with Crippen LogP contribution >= 0.6 is 15.9 Å². The van der Waals surface area contributed by atoms with Gasteiger partial charge < -0.3 is 15.6 Å². The number of halogens is 1. The molecule has 0 aliphatic heterocycles. The summed E-state index contributed by atoms with van der Waals surface area (Å²) in [6.07, 6.45) is 4.16. The molecule has 2 rings (SSSR count). The van der Waals surface area contributed by atoms with Crippen molar-refractivity contribution in [3.05, 3.63) is 46.5 Å². The van der Waals surface area contributed by atoms with Crippen molar-refractivity contribution in [2.24, 2.45) is 5.73 Å². The Kier molecular flexibility index (Phi) is 4.92. The zero-order valence-corrected chi connectivity index (χ0v) is 12.9. The van der Waals surface area contributed by atoms with Crippen LogP contribution in [0.5, 0.6) is 0 Å². The number of carbonyl (C=O) groups excluding carboxylic acids is 1. The molecule has 106 valence electrons. The number of nitrogens with two attached hydrogens (primary N) is 1. The van der Waals surface area contributed by atoms with Crippen LogP contribution in [-0.4, -0.2) is 22.0 Å². The second-order valence-electron chi connectivity index (χ2n) is 4.39. The standard InChI is InChI=1S/C14H17BrN4O/c1-2-10-7-11(15)3-4-12(10)18-14(20)13-8-19(6-5-16)9-17-13/h3-4,7-9H,2,5-6,16H2,1H3,(H,18,20). The largest absolute Gasteiger partial charge is 0.335 e. The first-order valence-corrected chi connectivity index (χ1v) is 7.25. The molecule has 0 unspecified atom stereocenters. The molecule has 0 aliphatic rings. The van der Waals surface area contributed by atoms with Crippen molar-refractivity contribution in [2.75, 3.05) is 11.9 Å². The predicted molar refractivity (Wildman–Crippen MR) is 82.8 cm³/mol. The molecule has 3 N–H and O–H groups in total. The van der Waals surface area contributed by atoms with Crippen molar-refractivity contribution in [1.82, 2.24) is 9.55 Å². The van der Waals surface area contributed by atoms with E-state index in [2.05, 4.69) is 26.2 Å². The highest BCUT2D eigenvalue weighted by Crippen LogP contribution is 2.22. The van der Waals surface area contributed by atoms with Gasteiger partial charge in [0.15, 0.2) is 0 Å². The molecule has 1 aromatic carbocycles. The Balaban J connectivity index is 2.14. The van der Waals surface area contributed by atoms with Crippen LogP contribution in [-0.2, 0) is 13.0 Å². The number of nitrogens with one attached hydrogen (secondary N) is 1. The lowest BCUT2D eigenvalue weighted by Crippen LogP contribution is -2.14. The van der Waals surface area contributed by atoms with Gasteiger partial charge in [-0.25, -0.2) is 4.98 Å². The quantitative estimate of drug-likeness (QED) is 0.880. The number of hydrogen-bond acceptors (Lipinski definition) is 3. The molecule has 5 nitrogen and oxygen atoms in total. The maximum Gasteiger partial charge on any atom is 0.275 e. The number of rotatable bonds is 5. The fourth-order valence-corrected chi connectivity index (χ4v) is 2.32. The summed E-state index contributed by atoms with van der Waals surface area (Å²) in [6, 6.07) is 5.79. The number of hydrogen-bond donors (Lipinski definition) is 2. The molecule has 0 aliphatic carbocycles. The molecule has 0 radical (unpaired) electrons. The summed E-state index contributed by atoms with van der Waals surface area (Å²) < 4.78 is 2.80. The highest BCUT2D eigenvalue weighted by molar-refractivity contribution is 9.10. The first kappa shape index (κ1) is 14.7. The second kappa shape index (κ2) is 6.67. The van der Waals surface area contributed by atoms with Crippen LogP contribution in [0.1, 0.15) is 23.0 Å². The van der Waals surface area contributed by atoms with Gasteiger partial charge in [0.25, 0.3) is 5.91 Å². The molecule has 0 atom stereocenters. The van der Waals surface area contributed by atoms with Crippen molar-refractivity contribution in [1.29, 1.82) is 0 Å². The maximum atomic E-state index is 12.2. The zero-order chi connectivity index (χ0) is 14.5. The van der Waals surface area contributed by atoms with E-state index in [1.54, 1.807) is 17.1 Å². The minimum Gasteiger partial charge on any atom is -0.335 e. The number of anilines is 1. The van der Waals surface area contributed by atoms with E-state index in [0.717, 1.165) is 22.1 Å². The molecule has 0 fully saturated rings. The first-order chi connectivity index (χ1) is 9.63. The highest BCUT2D eigenvalue weighted by Gasteiger charge is 2.11. The van der Waals surface area contributed by atoms with Crippen LogP contribution in [0.3, 0.4) is 0 Å². The summed E-state index contributed by atoms with van der Waals surface area (Å²) in [5, 5.41) is 2.89. The molecule has 0 saturated heterocycles. The number of amides is 1. The lowest BCUT2D eigenvalue weighted by molar-refractivity contribution is 0.102. The van der Waals surface area contributed by atoms with Crippen LogP contribution in [0.15, 0.2) is 35.2 Å². The number of aryl methyl sites for hydroxylation is 1. The van der Waals surface area contributed by atoms with Crippen LogP contribution in [0, 0.1) is 0 Å². The number of carbonyl (C=O) groups is 1. The van der Waals surface area contributed by atoms with Crippen LogP contribution in [0.2, 0.25) is 0 Å². The molecular weight excluding hydrogens is 320 g/mol. The van der Waals surface area contributed by atoms with Gasteiger partial charge in [-0.3, -0.25) is 4.79 Å². The maximum absolute atomic E-state index is 12.2. The minimum atomic E-state index is -0.210. The van der Waals surface area contributed by atoms with Crippen molar-refractivity contribution in [3.8, 4) is 0 Å². The number of aromatic nitrogens is 2. The van der Waals surface area contributed by atoms with Gasteiger partial charge in [-0.15, -0.1) is 0 Å². The number of nitrogens with zero attached hydrogens (tertiary/aromatic N) is 2. The Morgan fingerprint density at radius 3 is 3.00 bits per heavy atom. The SMILES string of the molecule is CCc1cc(Br)ccc1NC(=O)c1cn(CCN)cn1. The van der Waals surface area contributed by atoms with E-state index >= 15 is 0 Å². The summed E-state index contributed by atoms with van der Waals surface area (Å²) >= 11 is 3.43. The normalized spacial score (nSPS) is 10.6. The minimum absolute atomic E-state index is 0.210. The van der Waals surface area contributed by atoms with E-state index in [-0.39, 0.29) is 5.91 Å². The number of benzene rings is 1. The van der Waals surface area contributed by atoms with Gasteiger partial charge in [0.1, 0.15) is 5.69 Å². The fourth-order valence-electron chi connectivity index (χ4n) is 1.91. The average Bonchev–Trinajstić information content (AvgIpc) is 2.90. The highest BCUT2D eigenvalue weighted by atomic mass is 79.9. The Labute approximate surface area is 126 Å². The van der Waals surface area contributed by atoms with E-state index in [1.807, 2.05) is 25.1 Å². The predicted octanol–water partition coefficient (Wildman–Crippen LogP) is 2.42. The van der Waals surface area contributed by atoms with Gasteiger partial charge in [0.2, 0.25) is 0 Å². The summed E-state index contributed by atoms with van der Waals surface area (Å²) in [5.74, 6) is -0.210. The monoisotopic (exact) mass is 336 g/mol. The van der Waals surface area contributed by atoms with Gasteiger partial charge in [-0.05, 0) is 30.2 Å². The van der Waals surface area contributed by atoms with Crippen LogP contribution in [0.25, 0.3) is 0 Å². The molecule has 20 heavy (non-hydrogen) atoms. The Bertz CT molecular complexity index is 609. The molecule has 1 heterocycles. The van der Waals surface area contributed by atoms with Crippen LogP contribution in [0.4, 0.5) is 5.69 Å². The average molecular weight is 337 g/mol. The van der Waals surface area contributed by atoms with E-state index in [0.29, 0.717) is 18.8 Å². The molecule has 6 heteroatoms. The van der Waals surface area contributed by atoms with E-state index in [1.165, 1.54) is 0 Å². The van der Waals surface area contributed by atoms with Gasteiger partial charge in [-0.1, -0.05) is 22.9 Å². The van der Waals surface area contributed by atoms with Gasteiger partial charge in [0, 0.05) is 29.4 Å². The third-order valence-corrected chi connectivity index (χ3v) is 3.44. The van der Waals surface area contributed by atoms with Crippen LogP contribution < -0.4 is 11.1 Å². The van der Waals surface area contributed by atoms with E-state index in [9.17, 15) is 4.79 Å². The molecular formula is C14H17BrN4O. The van der Waals surface area contributed by atoms with Crippen molar-refractivity contribution in [2.45, 2.75) is 19.9 Å². The Hall–Kier alpha value is -1.66. The van der Waals surface area contributed by atoms with Gasteiger partial charge in [-0.2, -0.15) is 0 Å². The second-order valence-corrected chi connectivity index (χ2v) is 5.31. The zero-order valence-electron chi connectivity index (χ0n) is 11.3. The van der Waals surface area contributed by atoms with E-state index < -0.39 is 0 Å². The first-order valence-electron chi connectivity index (χ1n) is 6.45. The van der Waals surface area contributed by atoms with Crippen molar-refractivity contribution in [3.63, 3.8) is 0 Å². The smallest absolute Gasteiger partial charge is 0.275 e. The molecule has 1 aromatic heterocycles. The summed E-state index contributed by atoms with van der Waals surface area (Å²) in [6.45, 7) is 3.22. The summed E-state index contributed by atoms with van der Waals surface area (Å²) in [4.78, 5) is 16.2. The molecule has 0 bridgehead atoms. The van der Waals surface area contributed by atoms with Crippen molar-refractivity contribution < 1.29 is 4.79 Å². The Morgan fingerprint density at radius 2 is 2.30 bits per heavy atom. The molecule has 1 amide bonds. The molecule has 0 spiro atoms. The summed E-state index contributed by atoms with van der Waals surface area (Å²) in [5.41, 5.74) is 7.75. The summed E-state index contributed by atoms with van der Waals surface area (Å²) in [7, 11) is 0. The molecule has 2 aromatic rings. The fraction of sp³-hybridized carbons (Fsp3) is 0.286. The molecule has 0 saturated carbocycles. The lowest BCUT2D eigenvalue weighted by Gasteiger charge is -2.09. The van der Waals surface area contributed by atoms with Gasteiger partial charge in [0.05, 0.1) is 6.33 Å². The number of imidazole rings is 1. The third-order valence-electron chi connectivity index (χ3n) is 2.95.